The molecule has 1 amide bonds. The van der Waals surface area contributed by atoms with Gasteiger partial charge in [-0.25, -0.2) is 0 Å². The average Bonchev–Trinajstić information content (AvgIpc) is 3.43. The van der Waals surface area contributed by atoms with Gasteiger partial charge in [0.25, 0.3) is 0 Å². The van der Waals surface area contributed by atoms with Gasteiger partial charge in [0, 0.05) is 21.1 Å². The van der Waals surface area contributed by atoms with Gasteiger partial charge in [-0.1, -0.05) is 53.5 Å². The lowest BCUT2D eigenvalue weighted by Crippen LogP contribution is -2.22. The second kappa shape index (κ2) is 7.27. The number of nitrogens with one attached hydrogen (secondary N) is 1. The van der Waals surface area contributed by atoms with Crippen LogP contribution in [0.15, 0.2) is 66.7 Å². The van der Waals surface area contributed by atoms with Gasteiger partial charge in [-0.2, -0.15) is 0 Å². The summed E-state index contributed by atoms with van der Waals surface area (Å²) in [6.07, 6.45) is 0.757. The predicted octanol–water partition coefficient (Wildman–Crippen LogP) is 6.55. The highest BCUT2D eigenvalue weighted by Gasteiger charge is 2.60. The molecule has 0 saturated heterocycles. The maximum absolute atomic E-state index is 13.1. The van der Waals surface area contributed by atoms with Crippen molar-refractivity contribution in [3.63, 3.8) is 0 Å². The summed E-state index contributed by atoms with van der Waals surface area (Å²) in [5.41, 5.74) is 5.05. The van der Waals surface area contributed by atoms with E-state index < -0.39 is 0 Å². The van der Waals surface area contributed by atoms with Crippen LogP contribution in [0.1, 0.15) is 28.7 Å². The van der Waals surface area contributed by atoms with Crippen molar-refractivity contribution in [2.75, 3.05) is 5.32 Å². The smallest absolute Gasteiger partial charge is 0.228 e. The van der Waals surface area contributed by atoms with Crippen molar-refractivity contribution >= 4 is 34.8 Å². The number of amides is 1. The minimum absolute atomic E-state index is 0.0353. The Morgan fingerprint density at radius 1 is 0.857 bits per heavy atom. The standard InChI is InChI=1S/C24H21Cl2NO/c1-15-3-12-21(13-16(15)2)27-23(28)22-14-24(22,17-4-8-19(25)9-5-17)18-6-10-20(26)11-7-18/h3-13,22H,14H2,1-2H3,(H,27,28). The first kappa shape index (κ1) is 19.0. The molecule has 1 saturated carbocycles. The van der Waals surface area contributed by atoms with E-state index in [0.29, 0.717) is 10.0 Å². The molecule has 4 rings (SSSR count). The van der Waals surface area contributed by atoms with Gasteiger partial charge >= 0.3 is 0 Å². The zero-order valence-electron chi connectivity index (χ0n) is 15.8. The third-order valence-corrected chi connectivity index (χ3v) is 6.27. The highest BCUT2D eigenvalue weighted by molar-refractivity contribution is 6.30. The first-order chi connectivity index (χ1) is 13.4. The molecule has 0 aliphatic heterocycles. The summed E-state index contributed by atoms with van der Waals surface area (Å²) in [7, 11) is 0. The van der Waals surface area contributed by atoms with Gasteiger partial charge in [0.1, 0.15) is 0 Å². The Bertz CT molecular complexity index is 980. The normalized spacial score (nSPS) is 17.2. The summed E-state index contributed by atoms with van der Waals surface area (Å²) in [5, 5.41) is 4.47. The topological polar surface area (TPSA) is 29.1 Å². The predicted molar refractivity (Wildman–Crippen MR) is 116 cm³/mol. The Kier molecular flexibility index (Phi) is 4.95. The number of benzene rings is 3. The molecule has 3 aromatic carbocycles. The number of anilines is 1. The van der Waals surface area contributed by atoms with Crippen molar-refractivity contribution in [2.24, 2.45) is 5.92 Å². The lowest BCUT2D eigenvalue weighted by atomic mass is 9.85. The number of hydrogen-bond acceptors (Lipinski definition) is 1. The summed E-state index contributed by atoms with van der Waals surface area (Å²) in [5.74, 6) is -0.107. The van der Waals surface area contributed by atoms with Crippen molar-refractivity contribution in [3.8, 4) is 0 Å². The Hall–Kier alpha value is -2.29. The summed E-state index contributed by atoms with van der Waals surface area (Å²) in [4.78, 5) is 13.1. The average molecular weight is 410 g/mol. The lowest BCUT2D eigenvalue weighted by Gasteiger charge is -2.19. The van der Waals surface area contributed by atoms with E-state index in [1.807, 2.05) is 73.7 Å². The molecule has 0 radical (unpaired) electrons. The molecule has 28 heavy (non-hydrogen) atoms. The van der Waals surface area contributed by atoms with E-state index in [-0.39, 0.29) is 17.2 Å². The molecule has 1 aliphatic carbocycles. The van der Waals surface area contributed by atoms with Crippen molar-refractivity contribution in [1.82, 2.24) is 0 Å². The van der Waals surface area contributed by atoms with Gasteiger partial charge in [-0.05, 0) is 78.9 Å². The summed E-state index contributed by atoms with van der Waals surface area (Å²) < 4.78 is 0. The highest BCUT2D eigenvalue weighted by Crippen LogP contribution is 2.59. The Balaban J connectivity index is 1.66. The van der Waals surface area contributed by atoms with Crippen LogP contribution in [0.4, 0.5) is 5.69 Å². The maximum atomic E-state index is 13.1. The summed E-state index contributed by atoms with van der Waals surface area (Å²) >= 11 is 12.2. The van der Waals surface area contributed by atoms with Crippen molar-refractivity contribution in [3.05, 3.63) is 99.0 Å². The van der Waals surface area contributed by atoms with E-state index in [1.54, 1.807) is 0 Å². The first-order valence-electron chi connectivity index (χ1n) is 9.30. The number of hydrogen-bond donors (Lipinski definition) is 1. The van der Waals surface area contributed by atoms with E-state index in [0.717, 1.165) is 28.8 Å². The second-order valence-corrected chi connectivity index (χ2v) is 8.40. The monoisotopic (exact) mass is 409 g/mol. The van der Waals surface area contributed by atoms with Gasteiger partial charge in [0.2, 0.25) is 5.91 Å². The Morgan fingerprint density at radius 2 is 1.39 bits per heavy atom. The first-order valence-corrected chi connectivity index (χ1v) is 10.1. The van der Waals surface area contributed by atoms with Crippen molar-refractivity contribution in [2.45, 2.75) is 25.7 Å². The molecule has 2 nitrogen and oxygen atoms in total. The molecular weight excluding hydrogens is 389 g/mol. The number of aryl methyl sites for hydroxylation is 2. The quantitative estimate of drug-likeness (QED) is 0.519. The van der Waals surface area contributed by atoms with Crippen LogP contribution >= 0.6 is 23.2 Å². The van der Waals surface area contributed by atoms with E-state index >= 15 is 0 Å². The fraction of sp³-hybridized carbons (Fsp3) is 0.208. The molecule has 1 N–H and O–H groups in total. The second-order valence-electron chi connectivity index (χ2n) is 7.53. The molecule has 0 spiro atoms. The minimum atomic E-state index is -0.348. The van der Waals surface area contributed by atoms with Crippen molar-refractivity contribution < 1.29 is 4.79 Å². The third kappa shape index (κ3) is 3.43. The zero-order valence-corrected chi connectivity index (χ0v) is 17.3. The number of rotatable bonds is 4. The van der Waals surface area contributed by atoms with Gasteiger partial charge in [0.05, 0.1) is 5.92 Å². The van der Waals surface area contributed by atoms with E-state index in [1.165, 1.54) is 5.56 Å². The summed E-state index contributed by atoms with van der Waals surface area (Å²) in [6, 6.07) is 21.6. The van der Waals surface area contributed by atoms with E-state index in [4.69, 9.17) is 23.2 Å². The number of carbonyl (C=O) groups excluding carboxylic acids is 1. The third-order valence-electron chi connectivity index (χ3n) is 5.77. The molecule has 0 heterocycles. The van der Waals surface area contributed by atoms with Crippen LogP contribution in [0.2, 0.25) is 10.0 Å². The molecule has 3 aromatic rings. The van der Waals surface area contributed by atoms with Crippen LogP contribution in [-0.4, -0.2) is 5.91 Å². The maximum Gasteiger partial charge on any atom is 0.228 e. The molecule has 1 fully saturated rings. The Labute approximate surface area is 175 Å². The minimum Gasteiger partial charge on any atom is -0.326 e. The van der Waals surface area contributed by atoms with Crippen LogP contribution in [0.3, 0.4) is 0 Å². The molecule has 4 heteroatoms. The van der Waals surface area contributed by atoms with Crippen LogP contribution < -0.4 is 5.32 Å². The molecule has 1 atom stereocenters. The van der Waals surface area contributed by atoms with Gasteiger partial charge in [-0.15, -0.1) is 0 Å². The molecule has 1 aliphatic rings. The molecular formula is C24H21Cl2NO. The van der Waals surface area contributed by atoms with Crippen LogP contribution in [0.5, 0.6) is 0 Å². The number of carbonyl (C=O) groups is 1. The molecule has 0 bridgehead atoms. The summed E-state index contributed by atoms with van der Waals surface area (Å²) in [6.45, 7) is 4.11. The van der Waals surface area contributed by atoms with Crippen LogP contribution in [0, 0.1) is 19.8 Å². The van der Waals surface area contributed by atoms with Crippen LogP contribution in [0.25, 0.3) is 0 Å². The van der Waals surface area contributed by atoms with E-state index in [2.05, 4.69) is 12.2 Å². The van der Waals surface area contributed by atoms with E-state index in [9.17, 15) is 4.79 Å². The van der Waals surface area contributed by atoms with Gasteiger partial charge < -0.3 is 5.32 Å². The van der Waals surface area contributed by atoms with Gasteiger partial charge in [0.15, 0.2) is 0 Å². The lowest BCUT2D eigenvalue weighted by molar-refractivity contribution is -0.117. The molecule has 142 valence electrons. The van der Waals surface area contributed by atoms with Crippen molar-refractivity contribution in [1.29, 1.82) is 0 Å². The molecule has 1 unspecified atom stereocenters. The fourth-order valence-corrected chi connectivity index (χ4v) is 4.18. The fourth-order valence-electron chi connectivity index (χ4n) is 3.93. The largest absolute Gasteiger partial charge is 0.326 e. The van der Waals surface area contributed by atoms with Gasteiger partial charge in [-0.3, -0.25) is 4.79 Å². The Morgan fingerprint density at radius 3 is 1.89 bits per heavy atom. The van der Waals surface area contributed by atoms with Crippen LogP contribution in [-0.2, 0) is 10.2 Å². The SMILES string of the molecule is Cc1ccc(NC(=O)C2CC2(c2ccc(Cl)cc2)c2ccc(Cl)cc2)cc1C. The molecule has 0 aromatic heterocycles. The number of halogens is 2. The highest BCUT2D eigenvalue weighted by atomic mass is 35.5. The zero-order chi connectivity index (χ0) is 19.9.